The van der Waals surface area contributed by atoms with E-state index in [4.69, 9.17) is 11.6 Å². The molecule has 0 radical (unpaired) electrons. The quantitative estimate of drug-likeness (QED) is 0.702. The van der Waals surface area contributed by atoms with Gasteiger partial charge in [0.2, 0.25) is 0 Å². The minimum Gasteiger partial charge on any atom is -0.452 e. The van der Waals surface area contributed by atoms with Gasteiger partial charge < -0.3 is 4.74 Å². The van der Waals surface area contributed by atoms with E-state index >= 15 is 0 Å². The van der Waals surface area contributed by atoms with Crippen LogP contribution in [-0.4, -0.2) is 33.5 Å². The zero-order chi connectivity index (χ0) is 12.8. The molecule has 0 saturated heterocycles. The summed E-state index contributed by atoms with van der Waals surface area (Å²) in [6, 6.07) is 0. The smallest absolute Gasteiger partial charge is 0.421 e. The maximum absolute atomic E-state index is 11.2. The van der Waals surface area contributed by atoms with Gasteiger partial charge in [0.05, 0.1) is 7.11 Å². The van der Waals surface area contributed by atoms with Crippen molar-refractivity contribution in [2.24, 2.45) is 5.92 Å². The van der Waals surface area contributed by atoms with Gasteiger partial charge in [-0.3, -0.25) is 0 Å². The highest BCUT2D eigenvalue weighted by atomic mass is 35.5. The third-order valence-electron chi connectivity index (χ3n) is 1.63. The Balaban J connectivity index is 4.04. The molecule has 0 fully saturated rings. The molecule has 2 N–H and O–H groups in total. The molecule has 0 spiro atoms. The lowest BCUT2D eigenvalue weighted by molar-refractivity contribution is 0.177. The van der Waals surface area contributed by atoms with Gasteiger partial charge in [-0.15, -0.1) is 11.6 Å². The van der Waals surface area contributed by atoms with Gasteiger partial charge in [-0.2, -0.15) is 13.1 Å². The fourth-order valence-corrected chi connectivity index (χ4v) is 2.30. The van der Waals surface area contributed by atoms with Gasteiger partial charge in [0.25, 0.3) is 0 Å². The van der Waals surface area contributed by atoms with Crippen molar-refractivity contribution in [2.45, 2.75) is 25.6 Å². The molecule has 1 amide bonds. The highest BCUT2D eigenvalue weighted by Crippen LogP contribution is 2.09. The van der Waals surface area contributed by atoms with Gasteiger partial charge in [0.1, 0.15) is 0 Å². The lowest BCUT2D eigenvalue weighted by Crippen LogP contribution is -2.42. The van der Waals surface area contributed by atoms with Gasteiger partial charge in [-0.1, -0.05) is 13.8 Å². The van der Waals surface area contributed by atoms with E-state index in [-0.39, 0.29) is 11.9 Å². The molecule has 0 saturated carbocycles. The Hall–Kier alpha value is -0.530. The molecule has 0 aromatic carbocycles. The molecule has 0 aliphatic carbocycles. The Morgan fingerprint density at radius 3 is 2.44 bits per heavy atom. The van der Waals surface area contributed by atoms with E-state index in [1.807, 2.05) is 13.8 Å². The number of ether oxygens (including phenoxy) is 1. The molecular formula is C8H17ClN2O4S. The largest absolute Gasteiger partial charge is 0.452 e. The predicted octanol–water partition coefficient (Wildman–Crippen LogP) is 0.830. The van der Waals surface area contributed by atoms with Crippen LogP contribution in [0.25, 0.3) is 0 Å². The fourth-order valence-electron chi connectivity index (χ4n) is 0.982. The highest BCUT2D eigenvalue weighted by Gasteiger charge is 2.16. The summed E-state index contributed by atoms with van der Waals surface area (Å²) in [6.45, 7) is 4.03. The summed E-state index contributed by atoms with van der Waals surface area (Å²) in [7, 11) is -2.81. The average Bonchev–Trinajstić information content (AvgIpc) is 2.13. The standard InChI is InChI=1S/C8H17ClN2O4S/c1-6(2)4-7(9)5-10-16(13,14)11-8(12)15-3/h6-7,10H,4-5H2,1-3H3,(H,11,12). The van der Waals surface area contributed by atoms with Gasteiger partial charge in [0, 0.05) is 11.9 Å². The molecule has 0 aliphatic rings. The molecule has 0 aliphatic heterocycles. The molecule has 8 heteroatoms. The summed E-state index contributed by atoms with van der Waals surface area (Å²) in [6.07, 6.45) is -0.357. The van der Waals surface area contributed by atoms with Gasteiger partial charge in [-0.25, -0.2) is 9.52 Å². The number of hydrogen-bond acceptors (Lipinski definition) is 4. The third kappa shape index (κ3) is 7.72. The van der Waals surface area contributed by atoms with Gasteiger partial charge in [0.15, 0.2) is 0 Å². The molecular weight excluding hydrogens is 256 g/mol. The van der Waals surface area contributed by atoms with Crippen LogP contribution in [0.4, 0.5) is 4.79 Å². The molecule has 0 bridgehead atoms. The lowest BCUT2D eigenvalue weighted by atomic mass is 10.1. The maximum Gasteiger partial charge on any atom is 0.421 e. The highest BCUT2D eigenvalue weighted by molar-refractivity contribution is 7.88. The molecule has 96 valence electrons. The summed E-state index contributed by atoms with van der Waals surface area (Å²) in [5.74, 6) is 0.376. The van der Waals surface area contributed by atoms with Crippen LogP contribution in [-0.2, 0) is 14.9 Å². The Labute approximate surface area is 101 Å². The van der Waals surface area contributed by atoms with Crippen molar-refractivity contribution in [3.05, 3.63) is 0 Å². The Kier molecular flexibility index (Phi) is 6.70. The fraction of sp³-hybridized carbons (Fsp3) is 0.875. The second-order valence-electron chi connectivity index (χ2n) is 3.67. The second-order valence-corrected chi connectivity index (χ2v) is 5.79. The summed E-state index contributed by atoms with van der Waals surface area (Å²) in [4.78, 5) is 10.7. The van der Waals surface area contributed by atoms with Crippen LogP contribution in [0.15, 0.2) is 0 Å². The van der Waals surface area contributed by atoms with E-state index in [2.05, 4.69) is 9.46 Å². The Morgan fingerprint density at radius 1 is 1.44 bits per heavy atom. The number of nitrogens with one attached hydrogen (secondary N) is 2. The first-order valence-electron chi connectivity index (χ1n) is 4.76. The minimum atomic E-state index is -3.88. The normalized spacial score (nSPS) is 13.6. The molecule has 0 aromatic rings. The summed E-state index contributed by atoms with van der Waals surface area (Å²) < 4.78 is 30.4. The summed E-state index contributed by atoms with van der Waals surface area (Å²) >= 11 is 5.88. The van der Waals surface area contributed by atoms with E-state index in [0.29, 0.717) is 12.3 Å². The van der Waals surface area contributed by atoms with E-state index in [1.165, 1.54) is 0 Å². The summed E-state index contributed by atoms with van der Waals surface area (Å²) in [5, 5.41) is -0.311. The monoisotopic (exact) mass is 272 g/mol. The average molecular weight is 273 g/mol. The number of hydrogen-bond donors (Lipinski definition) is 2. The van der Waals surface area contributed by atoms with Crippen LogP contribution in [0, 0.1) is 5.92 Å². The van der Waals surface area contributed by atoms with Crippen molar-refractivity contribution in [2.75, 3.05) is 13.7 Å². The van der Waals surface area contributed by atoms with Crippen LogP contribution >= 0.6 is 11.6 Å². The number of carbonyl (C=O) groups is 1. The number of methoxy groups -OCH3 is 1. The van der Waals surface area contributed by atoms with E-state index < -0.39 is 16.3 Å². The number of carbonyl (C=O) groups excluding carboxylic acids is 1. The molecule has 6 nitrogen and oxygen atoms in total. The molecule has 1 atom stereocenters. The van der Waals surface area contributed by atoms with Crippen LogP contribution < -0.4 is 9.44 Å². The minimum absolute atomic E-state index is 0.0616. The van der Waals surface area contributed by atoms with Crippen molar-refractivity contribution in [1.82, 2.24) is 9.44 Å². The predicted molar refractivity (Wildman–Crippen MR) is 61.6 cm³/mol. The van der Waals surface area contributed by atoms with Crippen molar-refractivity contribution >= 4 is 27.9 Å². The van der Waals surface area contributed by atoms with Crippen molar-refractivity contribution in [1.29, 1.82) is 0 Å². The molecule has 16 heavy (non-hydrogen) atoms. The Bertz CT molecular complexity index is 318. The third-order valence-corrected chi connectivity index (χ3v) is 2.94. The molecule has 0 rings (SSSR count). The van der Waals surface area contributed by atoms with E-state index in [1.54, 1.807) is 4.72 Å². The van der Waals surface area contributed by atoms with E-state index in [9.17, 15) is 13.2 Å². The zero-order valence-electron chi connectivity index (χ0n) is 9.49. The van der Waals surface area contributed by atoms with Gasteiger partial charge in [-0.05, 0) is 12.3 Å². The molecule has 0 aromatic heterocycles. The van der Waals surface area contributed by atoms with Crippen LogP contribution in [0.1, 0.15) is 20.3 Å². The topological polar surface area (TPSA) is 84.5 Å². The van der Waals surface area contributed by atoms with Crippen molar-refractivity contribution in [3.8, 4) is 0 Å². The van der Waals surface area contributed by atoms with E-state index in [0.717, 1.165) is 7.11 Å². The zero-order valence-corrected chi connectivity index (χ0v) is 11.1. The second kappa shape index (κ2) is 6.93. The maximum atomic E-state index is 11.2. The molecule has 0 heterocycles. The lowest BCUT2D eigenvalue weighted by Gasteiger charge is -2.13. The number of rotatable bonds is 6. The number of alkyl halides is 1. The van der Waals surface area contributed by atoms with Crippen molar-refractivity contribution < 1.29 is 17.9 Å². The Morgan fingerprint density at radius 2 is 2.00 bits per heavy atom. The number of amides is 1. The first-order chi connectivity index (χ1) is 7.26. The van der Waals surface area contributed by atoms with Crippen LogP contribution in [0.3, 0.4) is 0 Å². The van der Waals surface area contributed by atoms with Crippen LogP contribution in [0.2, 0.25) is 0 Å². The van der Waals surface area contributed by atoms with Gasteiger partial charge >= 0.3 is 16.3 Å². The summed E-state index contributed by atoms with van der Waals surface area (Å²) in [5.41, 5.74) is 0. The van der Waals surface area contributed by atoms with Crippen molar-refractivity contribution in [3.63, 3.8) is 0 Å². The first-order valence-corrected chi connectivity index (χ1v) is 6.68. The molecule has 1 unspecified atom stereocenters. The first kappa shape index (κ1) is 15.5. The number of halogens is 1. The van der Waals surface area contributed by atoms with Crippen LogP contribution in [0.5, 0.6) is 0 Å². The SMILES string of the molecule is COC(=O)NS(=O)(=O)NCC(Cl)CC(C)C.